The van der Waals surface area contributed by atoms with Crippen molar-refractivity contribution < 1.29 is 0 Å². The van der Waals surface area contributed by atoms with Crippen molar-refractivity contribution in [1.29, 1.82) is 0 Å². The van der Waals surface area contributed by atoms with Gasteiger partial charge >= 0.3 is 0 Å². The van der Waals surface area contributed by atoms with E-state index in [1.807, 2.05) is 0 Å². The Kier molecular flexibility index (Phi) is 5.07. The molecular weight excluding hydrogens is 326 g/mol. The fourth-order valence-electron chi connectivity index (χ4n) is 3.74. The molecule has 124 valence electrons. The molecule has 0 aliphatic carbocycles. The van der Waals surface area contributed by atoms with E-state index in [1.54, 1.807) is 11.3 Å². The molecule has 3 heterocycles. The van der Waals surface area contributed by atoms with E-state index in [9.17, 15) is 0 Å². The normalized spacial score (nSPS) is 24.2. The largest absolute Gasteiger partial charge is 0.316 e. The van der Waals surface area contributed by atoms with Crippen LogP contribution >= 0.6 is 23.7 Å². The fraction of sp³-hybridized carbons (Fsp3) is 0.500. The van der Waals surface area contributed by atoms with Gasteiger partial charge < -0.3 is 5.32 Å². The van der Waals surface area contributed by atoms with Gasteiger partial charge in [0, 0.05) is 30.6 Å². The second-order valence-electron chi connectivity index (χ2n) is 6.90. The molecule has 2 aliphatic rings. The minimum atomic E-state index is 0. The van der Waals surface area contributed by atoms with E-state index < -0.39 is 0 Å². The highest BCUT2D eigenvalue weighted by Crippen LogP contribution is 2.36. The Morgan fingerprint density at radius 2 is 2.09 bits per heavy atom. The van der Waals surface area contributed by atoms with Crippen LogP contribution in [0.25, 0.3) is 10.6 Å². The average Bonchev–Trinajstić information content (AvgIpc) is 3.24. The van der Waals surface area contributed by atoms with E-state index in [-0.39, 0.29) is 12.4 Å². The van der Waals surface area contributed by atoms with Crippen LogP contribution in [0.3, 0.4) is 0 Å². The highest BCUT2D eigenvalue weighted by molar-refractivity contribution is 7.13. The summed E-state index contributed by atoms with van der Waals surface area (Å²) in [5.41, 5.74) is 4.31. The van der Waals surface area contributed by atoms with Crippen molar-refractivity contribution in [1.82, 2.24) is 15.2 Å². The summed E-state index contributed by atoms with van der Waals surface area (Å²) >= 11 is 1.77. The molecule has 0 saturated carbocycles. The highest BCUT2D eigenvalue weighted by Gasteiger charge is 2.40. The molecule has 2 saturated heterocycles. The van der Waals surface area contributed by atoms with Gasteiger partial charge in [0.25, 0.3) is 0 Å². The standard InChI is InChI=1S/C18H23N3S.ClH/c1-14-2-4-15(5-3-14)17-20-16(11-22-17)10-21-9-7-18(13-21)6-8-19-12-18;/h2-5,11,19H,6-10,12-13H2,1H3;1H. The number of rotatable bonds is 3. The third-order valence-corrected chi connectivity index (χ3v) is 6.03. The molecule has 0 bridgehead atoms. The van der Waals surface area contributed by atoms with Gasteiger partial charge in [0.05, 0.1) is 5.69 Å². The summed E-state index contributed by atoms with van der Waals surface area (Å²) in [6.45, 7) is 7.98. The summed E-state index contributed by atoms with van der Waals surface area (Å²) in [4.78, 5) is 7.43. The maximum atomic E-state index is 4.85. The third-order valence-electron chi connectivity index (χ3n) is 5.09. The van der Waals surface area contributed by atoms with Crippen molar-refractivity contribution in [3.05, 3.63) is 40.9 Å². The molecule has 4 rings (SSSR count). The zero-order chi connectivity index (χ0) is 15.0. The topological polar surface area (TPSA) is 28.2 Å². The van der Waals surface area contributed by atoms with Crippen molar-refractivity contribution in [2.75, 3.05) is 26.2 Å². The first-order valence-electron chi connectivity index (χ1n) is 8.17. The van der Waals surface area contributed by atoms with Crippen molar-refractivity contribution in [3.63, 3.8) is 0 Å². The van der Waals surface area contributed by atoms with E-state index in [2.05, 4.69) is 46.8 Å². The number of halogens is 1. The quantitative estimate of drug-likeness (QED) is 0.915. The smallest absolute Gasteiger partial charge is 0.123 e. The predicted octanol–water partition coefficient (Wildman–Crippen LogP) is 3.73. The summed E-state index contributed by atoms with van der Waals surface area (Å²) in [6.07, 6.45) is 2.68. The van der Waals surface area contributed by atoms with Crippen LogP contribution in [0.15, 0.2) is 29.6 Å². The van der Waals surface area contributed by atoms with Crippen molar-refractivity contribution in [2.45, 2.75) is 26.3 Å². The fourth-order valence-corrected chi connectivity index (χ4v) is 4.56. The van der Waals surface area contributed by atoms with E-state index in [1.165, 1.54) is 55.8 Å². The number of benzene rings is 1. The van der Waals surface area contributed by atoms with Crippen LogP contribution in [0.2, 0.25) is 0 Å². The first-order chi connectivity index (χ1) is 10.7. The van der Waals surface area contributed by atoms with Crippen molar-refractivity contribution >= 4 is 23.7 Å². The van der Waals surface area contributed by atoms with Crippen LogP contribution < -0.4 is 5.32 Å². The van der Waals surface area contributed by atoms with Crippen LogP contribution in [0.4, 0.5) is 0 Å². The monoisotopic (exact) mass is 349 g/mol. The minimum Gasteiger partial charge on any atom is -0.316 e. The number of hydrogen-bond acceptors (Lipinski definition) is 4. The minimum absolute atomic E-state index is 0. The number of nitrogens with one attached hydrogen (secondary N) is 1. The van der Waals surface area contributed by atoms with E-state index in [4.69, 9.17) is 4.98 Å². The zero-order valence-corrected chi connectivity index (χ0v) is 15.2. The number of hydrogen-bond donors (Lipinski definition) is 1. The molecule has 5 heteroatoms. The molecule has 0 amide bonds. The number of thiazole rings is 1. The molecular formula is C18H24ClN3S. The third kappa shape index (κ3) is 3.61. The molecule has 2 aliphatic heterocycles. The second kappa shape index (κ2) is 6.89. The van der Waals surface area contributed by atoms with Crippen LogP contribution in [0.1, 0.15) is 24.1 Å². The molecule has 2 fully saturated rings. The molecule has 1 spiro atoms. The summed E-state index contributed by atoms with van der Waals surface area (Å²) < 4.78 is 0. The van der Waals surface area contributed by atoms with Gasteiger partial charge in [-0.15, -0.1) is 23.7 Å². The Bertz CT molecular complexity index is 647. The predicted molar refractivity (Wildman–Crippen MR) is 99.3 cm³/mol. The molecule has 1 N–H and O–H groups in total. The summed E-state index contributed by atoms with van der Waals surface area (Å²) in [6, 6.07) is 8.67. The summed E-state index contributed by atoms with van der Waals surface area (Å²) in [5.74, 6) is 0. The molecule has 0 radical (unpaired) electrons. The Hall–Kier alpha value is -0.940. The molecule has 2 aromatic rings. The van der Waals surface area contributed by atoms with Gasteiger partial charge in [0.2, 0.25) is 0 Å². The lowest BCUT2D eigenvalue weighted by Gasteiger charge is -2.22. The van der Waals surface area contributed by atoms with Gasteiger partial charge in [0.1, 0.15) is 5.01 Å². The summed E-state index contributed by atoms with van der Waals surface area (Å²) in [7, 11) is 0. The van der Waals surface area contributed by atoms with E-state index >= 15 is 0 Å². The second-order valence-corrected chi connectivity index (χ2v) is 7.76. The first kappa shape index (κ1) is 16.9. The van der Waals surface area contributed by atoms with Gasteiger partial charge in [-0.25, -0.2) is 4.98 Å². The highest BCUT2D eigenvalue weighted by atomic mass is 35.5. The number of nitrogens with zero attached hydrogens (tertiary/aromatic N) is 2. The SMILES string of the molecule is Cc1ccc(-c2nc(CN3CCC4(CCNC4)C3)cs2)cc1.Cl. The average molecular weight is 350 g/mol. The summed E-state index contributed by atoms with van der Waals surface area (Å²) in [5, 5.41) is 6.90. The van der Waals surface area contributed by atoms with Crippen LogP contribution in [0.5, 0.6) is 0 Å². The lowest BCUT2D eigenvalue weighted by molar-refractivity contribution is 0.267. The van der Waals surface area contributed by atoms with Gasteiger partial charge in [-0.05, 0) is 38.3 Å². The van der Waals surface area contributed by atoms with Crippen LogP contribution in [-0.4, -0.2) is 36.1 Å². The first-order valence-corrected chi connectivity index (χ1v) is 9.05. The lowest BCUT2D eigenvalue weighted by Crippen LogP contribution is -2.29. The Balaban J connectivity index is 0.00000156. The van der Waals surface area contributed by atoms with Gasteiger partial charge in [-0.2, -0.15) is 0 Å². The lowest BCUT2D eigenvalue weighted by atomic mass is 9.87. The molecule has 23 heavy (non-hydrogen) atoms. The maximum Gasteiger partial charge on any atom is 0.123 e. The van der Waals surface area contributed by atoms with Gasteiger partial charge in [0.15, 0.2) is 0 Å². The molecule has 1 unspecified atom stereocenters. The van der Waals surface area contributed by atoms with E-state index in [0.717, 1.165) is 11.6 Å². The number of likely N-dealkylation sites (tertiary alicyclic amines) is 1. The number of aryl methyl sites for hydroxylation is 1. The van der Waals surface area contributed by atoms with Crippen molar-refractivity contribution in [2.24, 2.45) is 5.41 Å². The van der Waals surface area contributed by atoms with Gasteiger partial charge in [-0.3, -0.25) is 4.90 Å². The van der Waals surface area contributed by atoms with Gasteiger partial charge in [-0.1, -0.05) is 29.8 Å². The van der Waals surface area contributed by atoms with Crippen LogP contribution in [0, 0.1) is 12.3 Å². The molecule has 1 atom stereocenters. The zero-order valence-electron chi connectivity index (χ0n) is 13.5. The Morgan fingerprint density at radius 1 is 1.26 bits per heavy atom. The molecule has 3 nitrogen and oxygen atoms in total. The Labute approximate surface area is 148 Å². The number of aromatic nitrogens is 1. The molecule has 1 aromatic carbocycles. The van der Waals surface area contributed by atoms with Crippen molar-refractivity contribution in [3.8, 4) is 10.6 Å². The Morgan fingerprint density at radius 3 is 2.83 bits per heavy atom. The van der Waals surface area contributed by atoms with Crippen LogP contribution in [-0.2, 0) is 6.54 Å². The maximum absolute atomic E-state index is 4.85. The van der Waals surface area contributed by atoms with E-state index in [0.29, 0.717) is 5.41 Å². The molecule has 1 aromatic heterocycles.